The maximum absolute atomic E-state index is 15.3. The highest BCUT2D eigenvalue weighted by atomic mass is 19.1. The highest BCUT2D eigenvalue weighted by Gasteiger charge is 2.53. The van der Waals surface area contributed by atoms with Crippen LogP contribution in [0, 0.1) is 23.6 Å². The Balaban J connectivity index is 1.24. The Morgan fingerprint density at radius 2 is 1.66 bits per heavy atom. The molecule has 22 heteroatoms. The Morgan fingerprint density at radius 3 is 2.30 bits per heavy atom. The number of hydrogen-bond donors (Lipinski definition) is 6. The van der Waals surface area contributed by atoms with Crippen LogP contribution in [0.5, 0.6) is 0 Å². The molecular formula is C52H85FN6O15. The molecule has 1 amide bonds. The number of aliphatic hydroxyl groups excluding tert-OH is 4. The van der Waals surface area contributed by atoms with Gasteiger partial charge in [-0.25, -0.2) is 13.9 Å². The fraction of sp³-hybridized carbons (Fsp3) is 0.808. The monoisotopic (exact) mass is 1050 g/mol. The lowest BCUT2D eigenvalue weighted by Gasteiger charge is -2.49. The number of aliphatic hydroxyl groups is 6. The minimum Gasteiger partial charge on any atom is -0.459 e. The van der Waals surface area contributed by atoms with Gasteiger partial charge in [-0.2, -0.15) is 0 Å². The average molecular weight is 1050 g/mol. The van der Waals surface area contributed by atoms with Gasteiger partial charge in [0.1, 0.15) is 41.9 Å². The topological polar surface area (TPSA) is 261 Å². The zero-order valence-corrected chi connectivity index (χ0v) is 45.5. The van der Waals surface area contributed by atoms with Gasteiger partial charge in [0.25, 0.3) is 0 Å². The molecule has 1 aromatic carbocycles. The summed E-state index contributed by atoms with van der Waals surface area (Å²) in [6, 6.07) is 3.32. The molecule has 0 unspecified atom stereocenters. The van der Waals surface area contributed by atoms with Gasteiger partial charge in [-0.15, -0.1) is 5.10 Å². The predicted molar refractivity (Wildman–Crippen MR) is 267 cm³/mol. The van der Waals surface area contributed by atoms with E-state index in [0.29, 0.717) is 42.9 Å². The zero-order valence-electron chi connectivity index (χ0n) is 45.5. The van der Waals surface area contributed by atoms with E-state index in [2.05, 4.69) is 10.3 Å². The lowest BCUT2D eigenvalue weighted by molar-refractivity contribution is -0.318. The number of nitrogens with zero attached hydrogens (tertiary/aromatic N) is 6. The summed E-state index contributed by atoms with van der Waals surface area (Å²) in [6.07, 6.45) is -8.76. The molecule has 0 bridgehead atoms. The summed E-state index contributed by atoms with van der Waals surface area (Å²) in [5.41, 5.74) is -3.35. The lowest BCUT2D eigenvalue weighted by atomic mass is 9.77. The third kappa shape index (κ3) is 13.4. The first kappa shape index (κ1) is 59.7. The first-order valence-electron chi connectivity index (χ1n) is 26.2. The van der Waals surface area contributed by atoms with Crippen LogP contribution in [0.2, 0.25) is 0 Å². The second-order valence-electron chi connectivity index (χ2n) is 22.4. The van der Waals surface area contributed by atoms with Crippen LogP contribution in [0.25, 0.3) is 0 Å². The average Bonchev–Trinajstić information content (AvgIpc) is 3.97. The lowest BCUT2D eigenvalue weighted by Crippen LogP contribution is -2.61. The number of benzene rings is 1. The van der Waals surface area contributed by atoms with Crippen molar-refractivity contribution in [3.63, 3.8) is 0 Å². The minimum absolute atomic E-state index is 0.0741. The van der Waals surface area contributed by atoms with E-state index in [0.717, 1.165) is 0 Å². The van der Waals surface area contributed by atoms with Gasteiger partial charge in [0.05, 0.1) is 72.6 Å². The van der Waals surface area contributed by atoms with E-state index in [-0.39, 0.29) is 44.9 Å². The Labute approximate surface area is 435 Å². The van der Waals surface area contributed by atoms with E-state index in [1.165, 1.54) is 29.7 Å². The quantitative estimate of drug-likeness (QED) is 0.149. The van der Waals surface area contributed by atoms with Crippen molar-refractivity contribution in [2.75, 3.05) is 52.3 Å². The fourth-order valence-corrected chi connectivity index (χ4v) is 11.5. The van der Waals surface area contributed by atoms with Gasteiger partial charge in [-0.1, -0.05) is 32.1 Å². The van der Waals surface area contributed by atoms with Crippen LogP contribution in [0.4, 0.5) is 14.9 Å². The van der Waals surface area contributed by atoms with Gasteiger partial charge in [0, 0.05) is 62.8 Å². The number of ether oxygens (including phenoxy) is 7. The van der Waals surface area contributed by atoms with E-state index in [4.69, 9.17) is 33.2 Å². The van der Waals surface area contributed by atoms with Crippen LogP contribution in [-0.2, 0) is 50.9 Å². The SMILES string of the molecule is CC[C@H]1OC(=O)[C@H](C)[C@@H](O[C@H]2C[C@@](C)(OC)[C@@H](O)[C@H](C)O2)[C@H](C)[C@@H](O[C@@H]2O[C@H](C)C[C@H](N(C)CCc3cn(Cc4ccc(N5C[C@H](CO)OC5=O)cc4F)nn3)[C@H]2O)[C@](C)(O)C[C@@H](C)CN(C)[C@H](C)[C@@H](O)[C@]1(C)O. The van der Waals surface area contributed by atoms with Crippen LogP contribution in [0.15, 0.2) is 24.4 Å². The number of carbonyl (C=O) groups excluding carboxylic acids is 2. The van der Waals surface area contributed by atoms with Crippen molar-refractivity contribution in [2.24, 2.45) is 17.8 Å². The molecule has 4 saturated heterocycles. The number of esters is 1. The minimum atomic E-state index is -1.86. The number of aromatic nitrogens is 3. The van der Waals surface area contributed by atoms with Crippen molar-refractivity contribution in [1.82, 2.24) is 24.8 Å². The molecule has 74 heavy (non-hydrogen) atoms. The van der Waals surface area contributed by atoms with Crippen molar-refractivity contribution < 1.29 is 77.8 Å². The summed E-state index contributed by atoms with van der Waals surface area (Å²) in [5, 5.41) is 77.6. The molecule has 420 valence electrons. The number of carbonyl (C=O) groups is 2. The number of halogens is 1. The molecule has 4 aliphatic rings. The second kappa shape index (κ2) is 24.5. The summed E-state index contributed by atoms with van der Waals surface area (Å²) in [5.74, 6) is -3.45. The Morgan fingerprint density at radius 1 is 0.959 bits per heavy atom. The van der Waals surface area contributed by atoms with Crippen molar-refractivity contribution in [3.05, 3.63) is 41.5 Å². The van der Waals surface area contributed by atoms with Gasteiger partial charge in [-0.05, 0) is 99.9 Å². The number of methoxy groups -OCH3 is 1. The Hall–Kier alpha value is -3.49. The number of hydrogen-bond acceptors (Lipinski definition) is 19. The van der Waals surface area contributed by atoms with Crippen molar-refractivity contribution in [2.45, 2.75) is 204 Å². The summed E-state index contributed by atoms with van der Waals surface area (Å²) in [4.78, 5) is 31.9. The maximum atomic E-state index is 15.3. The van der Waals surface area contributed by atoms with Gasteiger partial charge < -0.3 is 73.6 Å². The molecule has 0 radical (unpaired) electrons. The van der Waals surface area contributed by atoms with Crippen molar-refractivity contribution in [1.29, 1.82) is 0 Å². The molecule has 0 spiro atoms. The van der Waals surface area contributed by atoms with E-state index in [1.54, 1.807) is 66.8 Å². The summed E-state index contributed by atoms with van der Waals surface area (Å²) < 4.78 is 60.1. The van der Waals surface area contributed by atoms with Crippen LogP contribution in [0.1, 0.15) is 106 Å². The molecule has 21 nitrogen and oxygen atoms in total. The van der Waals surface area contributed by atoms with E-state index in [1.807, 2.05) is 37.7 Å². The van der Waals surface area contributed by atoms with E-state index < -0.39 is 126 Å². The third-order valence-corrected chi connectivity index (χ3v) is 16.2. The maximum Gasteiger partial charge on any atom is 0.414 e. The van der Waals surface area contributed by atoms with E-state index >= 15 is 4.39 Å². The van der Waals surface area contributed by atoms with Gasteiger partial charge in [0.15, 0.2) is 12.6 Å². The fourth-order valence-electron chi connectivity index (χ4n) is 11.5. The molecule has 5 heterocycles. The Bertz CT molecular complexity index is 2170. The predicted octanol–water partition coefficient (Wildman–Crippen LogP) is 2.61. The van der Waals surface area contributed by atoms with Crippen LogP contribution in [0.3, 0.4) is 0 Å². The molecule has 1 aromatic heterocycles. The molecule has 6 rings (SSSR count). The third-order valence-electron chi connectivity index (χ3n) is 16.2. The van der Waals surface area contributed by atoms with E-state index in [9.17, 15) is 40.2 Å². The number of rotatable bonds is 14. The Kier molecular flexibility index (Phi) is 19.7. The van der Waals surface area contributed by atoms with Gasteiger partial charge in [-0.3, -0.25) is 9.69 Å². The standard InChI is InChI=1S/C52H85FN6O15/c1-14-40-52(10,67)44(62)32(6)57(12)23-28(2)21-50(8,66)46(30(4)43(31(5)47(64)72-40)73-41-22-51(9,68-13)45(63)33(7)70-41)74-48-42(61)39(19-29(3)69-48)56(11)18-17-35-25-58(55-54-35)24-34-15-16-36(20-38(34)53)59-26-37(27-60)71-49(59)65/h15-16,20,25,28-33,37,39-46,48,60-63,66-67H,14,17-19,21-24,26-27H2,1-13H3/t28-,29-,30+,31-,32-,33+,37-,39+,40-,41+,42-,43+,44-,45+,46-,48+,50-,51-,52-/m1/s1. The molecule has 6 N–H and O–H groups in total. The molecule has 4 fully saturated rings. The smallest absolute Gasteiger partial charge is 0.414 e. The highest BCUT2D eigenvalue weighted by molar-refractivity contribution is 5.89. The normalized spacial score (nSPS) is 40.4. The molecule has 19 atom stereocenters. The number of amides is 1. The number of anilines is 1. The first-order chi connectivity index (χ1) is 34.6. The van der Waals surface area contributed by atoms with Crippen LogP contribution in [-0.4, -0.2) is 211 Å². The molecular weight excluding hydrogens is 968 g/mol. The number of likely N-dealkylation sites (N-methyl/N-ethyl adjacent to an activating group) is 2. The summed E-state index contributed by atoms with van der Waals surface area (Å²) in [6.45, 7) is 18.0. The van der Waals surface area contributed by atoms with Crippen molar-refractivity contribution in [3.8, 4) is 0 Å². The van der Waals surface area contributed by atoms with Gasteiger partial charge >= 0.3 is 12.1 Å². The second-order valence-corrected chi connectivity index (χ2v) is 22.4. The summed E-state index contributed by atoms with van der Waals surface area (Å²) >= 11 is 0. The van der Waals surface area contributed by atoms with Crippen LogP contribution >= 0.6 is 0 Å². The number of cyclic esters (lactones) is 2. The van der Waals surface area contributed by atoms with Crippen LogP contribution < -0.4 is 4.90 Å². The summed E-state index contributed by atoms with van der Waals surface area (Å²) in [7, 11) is 5.18. The zero-order chi connectivity index (χ0) is 54.8. The molecule has 0 aliphatic carbocycles. The van der Waals surface area contributed by atoms with Gasteiger partial charge in [0.2, 0.25) is 0 Å². The molecule has 4 aliphatic heterocycles. The first-order valence-corrected chi connectivity index (χ1v) is 26.2. The largest absolute Gasteiger partial charge is 0.459 e. The molecule has 2 aromatic rings. The highest BCUT2D eigenvalue weighted by Crippen LogP contribution is 2.40. The molecule has 0 saturated carbocycles. The van der Waals surface area contributed by atoms with Crippen molar-refractivity contribution >= 4 is 17.7 Å².